The zero-order chi connectivity index (χ0) is 16.1. The van der Waals surface area contributed by atoms with Gasteiger partial charge in [-0.2, -0.15) is 4.98 Å². The van der Waals surface area contributed by atoms with E-state index in [0.29, 0.717) is 39.3 Å². The van der Waals surface area contributed by atoms with Crippen LogP contribution in [0.5, 0.6) is 11.5 Å². The van der Waals surface area contributed by atoms with Crippen molar-refractivity contribution in [1.29, 1.82) is 0 Å². The van der Waals surface area contributed by atoms with E-state index in [9.17, 15) is 4.79 Å². The lowest BCUT2D eigenvalue weighted by molar-refractivity contribution is 0.355. The second-order valence-electron chi connectivity index (χ2n) is 5.33. The molecule has 0 aliphatic rings. The number of methoxy groups -OCH3 is 2. The molecule has 3 aromatic heterocycles. The van der Waals surface area contributed by atoms with Gasteiger partial charge >= 0.3 is 0 Å². The highest BCUT2D eigenvalue weighted by atomic mass is 16.5. The van der Waals surface area contributed by atoms with E-state index in [1.807, 2.05) is 25.3 Å². The summed E-state index contributed by atoms with van der Waals surface area (Å²) in [7, 11) is 3.06. The van der Waals surface area contributed by atoms with Gasteiger partial charge in [0, 0.05) is 12.3 Å². The van der Waals surface area contributed by atoms with E-state index in [-0.39, 0.29) is 5.43 Å². The molecule has 0 atom stereocenters. The van der Waals surface area contributed by atoms with Crippen LogP contribution in [0.2, 0.25) is 0 Å². The van der Waals surface area contributed by atoms with Gasteiger partial charge in [-0.15, -0.1) is 0 Å². The van der Waals surface area contributed by atoms with Crippen LogP contribution in [-0.2, 0) is 0 Å². The number of aryl methyl sites for hydroxylation is 1. The summed E-state index contributed by atoms with van der Waals surface area (Å²) < 4.78 is 18.1. The van der Waals surface area contributed by atoms with Gasteiger partial charge in [0.15, 0.2) is 17.0 Å². The first kappa shape index (κ1) is 13.6. The van der Waals surface area contributed by atoms with Crippen molar-refractivity contribution in [3.8, 4) is 11.5 Å². The SMILES string of the molecule is COc1cc2oc3nc4ccc(C)cn4c3c(=O)c2cc1OC. The van der Waals surface area contributed by atoms with Crippen molar-refractivity contribution < 1.29 is 13.9 Å². The molecule has 0 aliphatic heterocycles. The molecule has 4 rings (SSSR count). The van der Waals surface area contributed by atoms with E-state index < -0.39 is 0 Å². The van der Waals surface area contributed by atoms with E-state index in [0.717, 1.165) is 5.56 Å². The molecule has 0 saturated heterocycles. The van der Waals surface area contributed by atoms with Crippen molar-refractivity contribution >= 4 is 27.8 Å². The molecule has 0 unspecified atom stereocenters. The molecule has 0 radical (unpaired) electrons. The van der Waals surface area contributed by atoms with Gasteiger partial charge < -0.3 is 13.9 Å². The number of benzene rings is 1. The third-order valence-corrected chi connectivity index (χ3v) is 3.89. The number of pyridine rings is 1. The van der Waals surface area contributed by atoms with Gasteiger partial charge in [0.05, 0.1) is 19.6 Å². The van der Waals surface area contributed by atoms with Crippen LogP contribution in [-0.4, -0.2) is 23.6 Å². The Morgan fingerprint density at radius 3 is 2.61 bits per heavy atom. The Bertz CT molecular complexity index is 1120. The van der Waals surface area contributed by atoms with Crippen LogP contribution in [0.25, 0.3) is 27.8 Å². The van der Waals surface area contributed by atoms with E-state index in [4.69, 9.17) is 13.9 Å². The predicted octanol–water partition coefficient (Wildman–Crippen LogP) is 2.92. The fourth-order valence-corrected chi connectivity index (χ4v) is 2.76. The average molecular weight is 310 g/mol. The molecule has 0 aliphatic carbocycles. The maximum Gasteiger partial charge on any atom is 0.250 e. The lowest BCUT2D eigenvalue weighted by Gasteiger charge is -2.08. The second kappa shape index (κ2) is 4.74. The fourth-order valence-electron chi connectivity index (χ4n) is 2.76. The van der Waals surface area contributed by atoms with Crippen molar-refractivity contribution in [1.82, 2.24) is 9.38 Å². The number of hydrogen-bond acceptors (Lipinski definition) is 5. The highest BCUT2D eigenvalue weighted by molar-refractivity contribution is 5.90. The molecule has 0 N–H and O–H groups in total. The smallest absolute Gasteiger partial charge is 0.250 e. The highest BCUT2D eigenvalue weighted by Gasteiger charge is 2.17. The summed E-state index contributed by atoms with van der Waals surface area (Å²) in [5, 5.41) is 0.429. The Labute approximate surface area is 130 Å². The van der Waals surface area contributed by atoms with E-state index in [2.05, 4.69) is 4.98 Å². The fraction of sp³-hybridized carbons (Fsp3) is 0.176. The molecule has 3 heterocycles. The zero-order valence-corrected chi connectivity index (χ0v) is 12.9. The van der Waals surface area contributed by atoms with Gasteiger partial charge in [0.25, 0.3) is 0 Å². The lowest BCUT2D eigenvalue weighted by atomic mass is 10.2. The van der Waals surface area contributed by atoms with Crippen LogP contribution in [0.4, 0.5) is 0 Å². The first-order valence-electron chi connectivity index (χ1n) is 7.09. The van der Waals surface area contributed by atoms with Gasteiger partial charge in [0.2, 0.25) is 11.1 Å². The monoisotopic (exact) mass is 310 g/mol. The Morgan fingerprint density at radius 2 is 1.87 bits per heavy atom. The first-order chi connectivity index (χ1) is 11.1. The topological polar surface area (TPSA) is 66.0 Å². The molecule has 4 aromatic rings. The highest BCUT2D eigenvalue weighted by Crippen LogP contribution is 2.32. The minimum Gasteiger partial charge on any atom is -0.493 e. The second-order valence-corrected chi connectivity index (χ2v) is 5.33. The maximum absolute atomic E-state index is 12.9. The molecule has 6 heteroatoms. The van der Waals surface area contributed by atoms with E-state index >= 15 is 0 Å². The van der Waals surface area contributed by atoms with Crippen molar-refractivity contribution in [2.75, 3.05) is 14.2 Å². The van der Waals surface area contributed by atoms with Crippen molar-refractivity contribution in [2.24, 2.45) is 0 Å². The number of ether oxygens (including phenoxy) is 2. The third-order valence-electron chi connectivity index (χ3n) is 3.89. The molecule has 23 heavy (non-hydrogen) atoms. The molecule has 1 aromatic carbocycles. The van der Waals surface area contributed by atoms with Gasteiger partial charge in [-0.3, -0.25) is 9.20 Å². The van der Waals surface area contributed by atoms with Crippen molar-refractivity contribution in [3.63, 3.8) is 0 Å². The van der Waals surface area contributed by atoms with Crippen LogP contribution >= 0.6 is 0 Å². The molecule has 6 nitrogen and oxygen atoms in total. The number of aromatic nitrogens is 2. The van der Waals surface area contributed by atoms with Crippen LogP contribution in [0.15, 0.2) is 39.7 Å². The molecule has 0 saturated carbocycles. The molecule has 116 valence electrons. The average Bonchev–Trinajstić information content (AvgIpc) is 2.91. The summed E-state index contributed by atoms with van der Waals surface area (Å²) in [6.45, 7) is 1.96. The predicted molar refractivity (Wildman–Crippen MR) is 86.6 cm³/mol. The van der Waals surface area contributed by atoms with Crippen LogP contribution < -0.4 is 14.9 Å². The molecule has 0 fully saturated rings. The number of hydrogen-bond donors (Lipinski definition) is 0. The van der Waals surface area contributed by atoms with Gasteiger partial charge in [-0.05, 0) is 24.6 Å². The Kier molecular flexibility index (Phi) is 2.81. The van der Waals surface area contributed by atoms with Gasteiger partial charge in [0.1, 0.15) is 11.2 Å². The van der Waals surface area contributed by atoms with E-state index in [1.165, 1.54) is 14.2 Å². The summed E-state index contributed by atoms with van der Waals surface area (Å²) in [4.78, 5) is 17.3. The summed E-state index contributed by atoms with van der Waals surface area (Å²) in [6.07, 6.45) is 1.87. The molecular formula is C17H14N2O4. The summed E-state index contributed by atoms with van der Waals surface area (Å²) in [6, 6.07) is 7.08. The van der Waals surface area contributed by atoms with Crippen molar-refractivity contribution in [3.05, 3.63) is 46.2 Å². The third kappa shape index (κ3) is 1.88. The van der Waals surface area contributed by atoms with Gasteiger partial charge in [-0.1, -0.05) is 6.07 Å². The Hall–Kier alpha value is -3.02. The molecule has 0 bridgehead atoms. The summed E-state index contributed by atoms with van der Waals surface area (Å²) >= 11 is 0. The Morgan fingerprint density at radius 1 is 1.13 bits per heavy atom. The van der Waals surface area contributed by atoms with Crippen LogP contribution in [0.3, 0.4) is 0 Å². The standard InChI is InChI=1S/C17H14N2O4/c1-9-4-5-14-18-17-15(19(14)8-9)16(20)10-6-12(21-2)13(22-3)7-11(10)23-17/h4-8H,1-3H3. The van der Waals surface area contributed by atoms with E-state index in [1.54, 1.807) is 16.5 Å². The number of rotatable bonds is 2. The molecule has 0 spiro atoms. The van der Waals surface area contributed by atoms with Gasteiger partial charge in [-0.25, -0.2) is 0 Å². The number of imidazole rings is 1. The largest absolute Gasteiger partial charge is 0.493 e. The minimum atomic E-state index is -0.152. The number of nitrogens with zero attached hydrogens (tertiary/aromatic N) is 2. The van der Waals surface area contributed by atoms with Crippen molar-refractivity contribution in [2.45, 2.75) is 6.92 Å². The zero-order valence-electron chi connectivity index (χ0n) is 12.9. The minimum absolute atomic E-state index is 0.152. The van der Waals surface area contributed by atoms with Crippen LogP contribution in [0.1, 0.15) is 5.56 Å². The lowest BCUT2D eigenvalue weighted by Crippen LogP contribution is -2.05. The van der Waals surface area contributed by atoms with Crippen LogP contribution in [0, 0.1) is 6.92 Å². The summed E-state index contributed by atoms with van der Waals surface area (Å²) in [5.41, 5.74) is 2.69. The molecular weight excluding hydrogens is 296 g/mol. The first-order valence-corrected chi connectivity index (χ1v) is 7.09. The number of fused-ring (bicyclic) bond motifs is 4. The normalized spacial score (nSPS) is 11.4. The summed E-state index contributed by atoms with van der Waals surface area (Å²) in [5.74, 6) is 0.985. The quantitative estimate of drug-likeness (QED) is 0.569. The Balaban J connectivity index is 2.21. The molecule has 0 amide bonds. The maximum atomic E-state index is 12.9.